The van der Waals surface area contributed by atoms with Crippen molar-refractivity contribution in [3.8, 4) is 0 Å². The molecule has 1 heteroatoms. The highest BCUT2D eigenvalue weighted by atomic mass is 15.0. The summed E-state index contributed by atoms with van der Waals surface area (Å²) in [6.07, 6.45) is 16.9. The van der Waals surface area contributed by atoms with E-state index < -0.39 is 0 Å². The topological polar surface area (TPSA) is 3.24 Å². The predicted octanol–water partition coefficient (Wildman–Crippen LogP) is 6.72. The molecule has 0 radical (unpaired) electrons. The van der Waals surface area contributed by atoms with E-state index in [0.717, 1.165) is 5.92 Å². The Kier molecular flexibility index (Phi) is 12.8. The van der Waals surface area contributed by atoms with Crippen LogP contribution in [0.4, 0.5) is 0 Å². The largest absolute Gasteiger partial charge is 0.309 e. The van der Waals surface area contributed by atoms with Gasteiger partial charge in [-0.15, -0.1) is 0 Å². The minimum absolute atomic E-state index is 0.879. The van der Waals surface area contributed by atoms with E-state index in [9.17, 15) is 0 Å². The lowest BCUT2D eigenvalue weighted by molar-refractivity contribution is 0.389. The van der Waals surface area contributed by atoms with Gasteiger partial charge in [-0.3, -0.25) is 0 Å². The lowest BCUT2D eigenvalue weighted by atomic mass is 9.91. The zero-order valence-corrected chi connectivity index (χ0v) is 16.6. The van der Waals surface area contributed by atoms with Gasteiger partial charge in [-0.2, -0.15) is 0 Å². The lowest BCUT2D eigenvalue weighted by Gasteiger charge is -2.14. The minimum Gasteiger partial charge on any atom is -0.309 e. The first-order valence-corrected chi connectivity index (χ1v) is 10.4. The maximum atomic E-state index is 2.35. The van der Waals surface area contributed by atoms with Crippen molar-refractivity contribution in [1.29, 1.82) is 0 Å². The van der Waals surface area contributed by atoms with Crippen LogP contribution in [0.1, 0.15) is 83.1 Å². The van der Waals surface area contributed by atoms with Crippen molar-refractivity contribution >= 4 is 0 Å². The van der Waals surface area contributed by atoms with Gasteiger partial charge in [0.25, 0.3) is 0 Å². The Morgan fingerprint density at radius 1 is 0.750 bits per heavy atom. The molecule has 0 aliphatic carbocycles. The molecular weight excluding hydrogens is 290 g/mol. The number of nitrogens with zero attached hydrogens (tertiary/aromatic N) is 1. The van der Waals surface area contributed by atoms with Gasteiger partial charge in [0, 0.05) is 0 Å². The molecule has 0 amide bonds. The first-order chi connectivity index (χ1) is 11.7. The zero-order valence-electron chi connectivity index (χ0n) is 16.6. The van der Waals surface area contributed by atoms with E-state index in [-0.39, 0.29) is 0 Å². The van der Waals surface area contributed by atoms with Crippen molar-refractivity contribution in [2.45, 2.75) is 84.0 Å². The summed E-state index contributed by atoms with van der Waals surface area (Å²) < 4.78 is 0. The molecule has 0 aliphatic heterocycles. The van der Waals surface area contributed by atoms with Gasteiger partial charge in [0.05, 0.1) is 0 Å². The van der Waals surface area contributed by atoms with Crippen LogP contribution < -0.4 is 0 Å². The number of unbranched alkanes of at least 4 members (excludes halogenated alkanes) is 8. The van der Waals surface area contributed by atoms with Crippen LogP contribution in [0.2, 0.25) is 0 Å². The summed E-state index contributed by atoms with van der Waals surface area (Å²) in [6, 6.07) is 11.0. The molecule has 0 aromatic heterocycles. The molecular formula is C23H41N. The third kappa shape index (κ3) is 11.7. The van der Waals surface area contributed by atoms with Crippen LogP contribution in [-0.2, 0) is 6.42 Å². The highest BCUT2D eigenvalue weighted by molar-refractivity contribution is 5.15. The fourth-order valence-corrected chi connectivity index (χ4v) is 3.50. The number of hydrogen-bond acceptors (Lipinski definition) is 1. The molecule has 0 heterocycles. The number of benzene rings is 1. The third-order valence-electron chi connectivity index (χ3n) is 5.16. The average molecular weight is 332 g/mol. The van der Waals surface area contributed by atoms with E-state index in [4.69, 9.17) is 0 Å². The summed E-state index contributed by atoms with van der Waals surface area (Å²) in [7, 11) is 4.34. The Labute approximate surface area is 151 Å². The van der Waals surface area contributed by atoms with E-state index >= 15 is 0 Å². The van der Waals surface area contributed by atoms with E-state index in [1.807, 2.05) is 0 Å². The Hall–Kier alpha value is -0.820. The summed E-state index contributed by atoms with van der Waals surface area (Å²) in [4.78, 5) is 2.29. The van der Waals surface area contributed by atoms with Crippen LogP contribution in [0.3, 0.4) is 0 Å². The van der Waals surface area contributed by atoms with Crippen LogP contribution >= 0.6 is 0 Å². The smallest absolute Gasteiger partial charge is 0.00248 e. The Bertz CT molecular complexity index is 371. The summed E-state index contributed by atoms with van der Waals surface area (Å²) >= 11 is 0. The summed E-state index contributed by atoms with van der Waals surface area (Å²) in [5.74, 6) is 0.879. The van der Waals surface area contributed by atoms with Gasteiger partial charge in [-0.05, 0) is 45.0 Å². The van der Waals surface area contributed by atoms with Crippen molar-refractivity contribution in [2.75, 3.05) is 20.6 Å². The molecule has 0 bridgehead atoms. The van der Waals surface area contributed by atoms with Gasteiger partial charge in [0.2, 0.25) is 0 Å². The zero-order chi connectivity index (χ0) is 17.5. The summed E-state index contributed by atoms with van der Waals surface area (Å²) in [5.41, 5.74) is 1.51. The fraction of sp³-hybridized carbons (Fsp3) is 0.739. The van der Waals surface area contributed by atoms with E-state index in [2.05, 4.69) is 56.3 Å². The van der Waals surface area contributed by atoms with Crippen LogP contribution in [0.25, 0.3) is 0 Å². The summed E-state index contributed by atoms with van der Waals surface area (Å²) in [5, 5.41) is 0. The van der Waals surface area contributed by atoms with Crippen LogP contribution in [0.5, 0.6) is 0 Å². The van der Waals surface area contributed by atoms with Crippen molar-refractivity contribution in [2.24, 2.45) is 5.92 Å². The van der Waals surface area contributed by atoms with Gasteiger partial charge in [-0.25, -0.2) is 0 Å². The van der Waals surface area contributed by atoms with Gasteiger partial charge < -0.3 is 4.90 Å². The van der Waals surface area contributed by atoms with Crippen LogP contribution in [0, 0.1) is 5.92 Å². The number of rotatable bonds is 15. The van der Waals surface area contributed by atoms with Crippen molar-refractivity contribution < 1.29 is 0 Å². The second-order valence-corrected chi connectivity index (χ2v) is 7.74. The maximum Gasteiger partial charge on any atom is -0.00248 e. The molecule has 1 aromatic carbocycles. The van der Waals surface area contributed by atoms with Crippen molar-refractivity contribution in [3.63, 3.8) is 0 Å². The van der Waals surface area contributed by atoms with Crippen LogP contribution in [-0.4, -0.2) is 25.5 Å². The second-order valence-electron chi connectivity index (χ2n) is 7.74. The Balaban J connectivity index is 1.91. The molecule has 0 saturated carbocycles. The van der Waals surface area contributed by atoms with E-state index in [1.54, 1.807) is 0 Å². The second kappa shape index (κ2) is 14.5. The van der Waals surface area contributed by atoms with E-state index in [1.165, 1.54) is 89.2 Å². The molecule has 1 rings (SSSR count). The summed E-state index contributed by atoms with van der Waals surface area (Å²) in [6.45, 7) is 3.60. The SMILES string of the molecule is CCC(CCCCCCCCCCCN(C)C)Cc1ccccc1. The molecule has 0 aliphatic rings. The maximum absolute atomic E-state index is 2.35. The fourth-order valence-electron chi connectivity index (χ4n) is 3.50. The molecule has 0 saturated heterocycles. The highest BCUT2D eigenvalue weighted by Gasteiger charge is 2.07. The standard InChI is InChI=1S/C23H41N/c1-4-22(21-23-18-14-12-15-19-23)17-13-10-8-6-5-7-9-11-16-20-24(2)3/h12,14-15,18-19,22H,4-11,13,16-17,20-21H2,1-3H3. The van der Waals surface area contributed by atoms with Gasteiger partial charge in [0.1, 0.15) is 0 Å². The highest BCUT2D eigenvalue weighted by Crippen LogP contribution is 2.20. The minimum atomic E-state index is 0.879. The molecule has 1 nitrogen and oxygen atoms in total. The monoisotopic (exact) mass is 331 g/mol. The first kappa shape index (κ1) is 21.2. The molecule has 1 aromatic rings. The van der Waals surface area contributed by atoms with Crippen molar-refractivity contribution in [1.82, 2.24) is 4.90 Å². The van der Waals surface area contributed by atoms with Crippen molar-refractivity contribution in [3.05, 3.63) is 35.9 Å². The van der Waals surface area contributed by atoms with Gasteiger partial charge in [-0.1, -0.05) is 101 Å². The van der Waals surface area contributed by atoms with Crippen LogP contribution in [0.15, 0.2) is 30.3 Å². The quantitative estimate of drug-likeness (QED) is 0.322. The predicted molar refractivity (Wildman–Crippen MR) is 109 cm³/mol. The number of hydrogen-bond donors (Lipinski definition) is 0. The lowest BCUT2D eigenvalue weighted by Crippen LogP contribution is -2.12. The average Bonchev–Trinajstić information content (AvgIpc) is 2.59. The first-order valence-electron chi connectivity index (χ1n) is 10.4. The van der Waals surface area contributed by atoms with E-state index in [0.29, 0.717) is 0 Å². The Morgan fingerprint density at radius 3 is 1.83 bits per heavy atom. The molecule has 1 atom stereocenters. The molecule has 138 valence electrons. The van der Waals surface area contributed by atoms with Gasteiger partial charge >= 0.3 is 0 Å². The third-order valence-corrected chi connectivity index (χ3v) is 5.16. The Morgan fingerprint density at radius 2 is 1.29 bits per heavy atom. The molecule has 24 heavy (non-hydrogen) atoms. The molecule has 0 fully saturated rings. The normalized spacial score (nSPS) is 12.7. The molecule has 1 unspecified atom stereocenters. The molecule has 0 N–H and O–H groups in total. The molecule has 0 spiro atoms. The van der Waals surface area contributed by atoms with Gasteiger partial charge in [0.15, 0.2) is 0 Å².